The van der Waals surface area contributed by atoms with E-state index in [4.69, 9.17) is 4.74 Å². The molecular weight excluding hydrogens is 654 g/mol. The van der Waals surface area contributed by atoms with Gasteiger partial charge in [0.1, 0.15) is 18.3 Å². The van der Waals surface area contributed by atoms with Crippen molar-refractivity contribution in [2.45, 2.75) is 44.7 Å². The highest BCUT2D eigenvalue weighted by molar-refractivity contribution is 9.10. The van der Waals surface area contributed by atoms with Crippen LogP contribution in [0.2, 0.25) is 0 Å². The number of likely N-dealkylation sites (N-methyl/N-ethyl adjacent to an activating group) is 1. The second kappa shape index (κ2) is 15.7. The lowest BCUT2D eigenvalue weighted by atomic mass is 10.0. The number of carbonyl (C=O) groups is 2. The van der Waals surface area contributed by atoms with Gasteiger partial charge in [0.05, 0.1) is 17.2 Å². The van der Waals surface area contributed by atoms with Gasteiger partial charge in [-0.05, 0) is 80.4 Å². The highest BCUT2D eigenvalue weighted by atomic mass is 79.9. The van der Waals surface area contributed by atoms with E-state index < -0.39 is 28.5 Å². The molecule has 1 N–H and O–H groups in total. The van der Waals surface area contributed by atoms with Crippen LogP contribution in [0, 0.1) is 6.92 Å². The summed E-state index contributed by atoms with van der Waals surface area (Å²) in [6.07, 6.45) is 0.255. The van der Waals surface area contributed by atoms with Crippen molar-refractivity contribution in [3.8, 4) is 5.75 Å². The number of hydrogen-bond donors (Lipinski definition) is 1. The number of sulfonamides is 1. The van der Waals surface area contributed by atoms with Crippen LogP contribution in [0.25, 0.3) is 0 Å². The van der Waals surface area contributed by atoms with Crippen molar-refractivity contribution in [3.63, 3.8) is 0 Å². The predicted octanol–water partition coefficient (Wildman–Crippen LogP) is 6.13. The van der Waals surface area contributed by atoms with E-state index in [9.17, 15) is 18.0 Å². The third-order valence-corrected chi connectivity index (χ3v) is 9.53. The number of halogens is 1. The lowest BCUT2D eigenvalue weighted by Gasteiger charge is -2.34. The van der Waals surface area contributed by atoms with Gasteiger partial charge < -0.3 is 15.0 Å². The van der Waals surface area contributed by atoms with Gasteiger partial charge >= 0.3 is 0 Å². The summed E-state index contributed by atoms with van der Waals surface area (Å²) in [6.45, 7) is 5.99. The molecule has 0 aliphatic carbocycles. The fourth-order valence-corrected chi connectivity index (χ4v) is 6.55. The summed E-state index contributed by atoms with van der Waals surface area (Å²) in [5, 5.41) is 2.87. The first-order valence-electron chi connectivity index (χ1n) is 14.8. The number of rotatable bonds is 14. The van der Waals surface area contributed by atoms with Gasteiger partial charge in [0.15, 0.2) is 0 Å². The third kappa shape index (κ3) is 8.95. The van der Waals surface area contributed by atoms with Crippen LogP contribution in [0.5, 0.6) is 5.75 Å². The molecule has 0 fully saturated rings. The summed E-state index contributed by atoms with van der Waals surface area (Å²) in [5.74, 6) is -0.288. The summed E-state index contributed by atoms with van der Waals surface area (Å²) in [7, 11) is -4.20. The van der Waals surface area contributed by atoms with E-state index in [-0.39, 0.29) is 23.8 Å². The molecule has 10 heteroatoms. The van der Waals surface area contributed by atoms with Gasteiger partial charge in [0.2, 0.25) is 11.8 Å². The van der Waals surface area contributed by atoms with Crippen molar-refractivity contribution in [3.05, 3.63) is 124 Å². The van der Waals surface area contributed by atoms with Crippen LogP contribution in [0.1, 0.15) is 30.5 Å². The zero-order chi connectivity index (χ0) is 32.4. The Bertz CT molecular complexity index is 1660. The molecule has 0 bridgehead atoms. The van der Waals surface area contributed by atoms with E-state index in [2.05, 4.69) is 21.2 Å². The number of amides is 2. The van der Waals surface area contributed by atoms with Crippen molar-refractivity contribution in [1.29, 1.82) is 0 Å². The van der Waals surface area contributed by atoms with Crippen molar-refractivity contribution < 1.29 is 22.7 Å². The van der Waals surface area contributed by atoms with Gasteiger partial charge in [-0.25, -0.2) is 8.42 Å². The van der Waals surface area contributed by atoms with E-state index in [0.717, 1.165) is 25.5 Å². The van der Waals surface area contributed by atoms with E-state index in [0.29, 0.717) is 24.6 Å². The Kier molecular flexibility index (Phi) is 11.8. The number of hydrogen-bond acceptors (Lipinski definition) is 5. The molecule has 0 spiro atoms. The third-order valence-electron chi connectivity index (χ3n) is 7.21. The Labute approximate surface area is 274 Å². The van der Waals surface area contributed by atoms with Gasteiger partial charge in [-0.15, -0.1) is 0 Å². The molecule has 4 rings (SSSR count). The largest absolute Gasteiger partial charge is 0.494 e. The van der Waals surface area contributed by atoms with Crippen LogP contribution in [-0.4, -0.2) is 50.9 Å². The van der Waals surface area contributed by atoms with Gasteiger partial charge in [-0.3, -0.25) is 13.9 Å². The molecule has 0 aliphatic heterocycles. The molecule has 0 saturated carbocycles. The summed E-state index contributed by atoms with van der Waals surface area (Å²) in [6, 6.07) is 29.1. The first-order chi connectivity index (χ1) is 21.6. The predicted molar refractivity (Wildman–Crippen MR) is 181 cm³/mol. The second-order valence-corrected chi connectivity index (χ2v) is 13.3. The highest BCUT2D eigenvalue weighted by Crippen LogP contribution is 2.27. The number of ether oxygens (including phenoxy) is 1. The van der Waals surface area contributed by atoms with Crippen molar-refractivity contribution in [2.24, 2.45) is 0 Å². The van der Waals surface area contributed by atoms with Crippen molar-refractivity contribution in [1.82, 2.24) is 10.2 Å². The minimum atomic E-state index is -4.20. The first-order valence-corrected chi connectivity index (χ1v) is 17.0. The zero-order valence-corrected chi connectivity index (χ0v) is 28.1. The Morgan fingerprint density at radius 1 is 0.844 bits per heavy atom. The average molecular weight is 693 g/mol. The molecule has 4 aromatic rings. The summed E-state index contributed by atoms with van der Waals surface area (Å²) in [4.78, 5) is 29.5. The maximum Gasteiger partial charge on any atom is 0.264 e. The van der Waals surface area contributed by atoms with E-state index in [1.54, 1.807) is 36.4 Å². The van der Waals surface area contributed by atoms with Gasteiger partial charge in [0, 0.05) is 24.0 Å². The standard InChI is InChI=1S/C35H38BrN3O5S/c1-4-37-35(41)33(23-27-9-7-6-8-10-27)38(24-28-13-15-29(36)16-14-28)34(40)25-39(30-17-11-26(3)12-18-30)45(42,43)32-21-19-31(20-22-32)44-5-2/h6-22,33H,4-5,23-25H2,1-3H3,(H,37,41)/t33-/m1/s1. The summed E-state index contributed by atoms with van der Waals surface area (Å²) in [5.41, 5.74) is 2.95. The van der Waals surface area contributed by atoms with Crippen LogP contribution in [-0.2, 0) is 32.6 Å². The number of nitrogens with one attached hydrogen (secondary N) is 1. The van der Waals surface area contributed by atoms with Gasteiger partial charge in [-0.1, -0.05) is 76.1 Å². The molecule has 0 radical (unpaired) electrons. The number of carbonyl (C=O) groups excluding carboxylic acids is 2. The van der Waals surface area contributed by atoms with Crippen LogP contribution >= 0.6 is 15.9 Å². The molecule has 0 unspecified atom stereocenters. The fraction of sp³-hybridized carbons (Fsp3) is 0.257. The van der Waals surface area contributed by atoms with Crippen LogP contribution in [0.3, 0.4) is 0 Å². The molecule has 0 aliphatic rings. The Hall–Kier alpha value is -4.15. The van der Waals surface area contributed by atoms with Crippen LogP contribution in [0.4, 0.5) is 5.69 Å². The minimum Gasteiger partial charge on any atom is -0.494 e. The molecule has 0 aromatic heterocycles. The molecule has 4 aromatic carbocycles. The number of aryl methyl sites for hydroxylation is 1. The molecule has 0 saturated heterocycles. The maximum atomic E-state index is 14.4. The molecule has 45 heavy (non-hydrogen) atoms. The quantitative estimate of drug-likeness (QED) is 0.172. The molecule has 0 heterocycles. The Balaban J connectivity index is 1.77. The molecule has 2 amide bonds. The highest BCUT2D eigenvalue weighted by Gasteiger charge is 2.34. The van der Waals surface area contributed by atoms with E-state index in [1.165, 1.54) is 17.0 Å². The Morgan fingerprint density at radius 2 is 1.49 bits per heavy atom. The fourth-order valence-electron chi connectivity index (χ4n) is 4.87. The second-order valence-electron chi connectivity index (χ2n) is 10.5. The number of anilines is 1. The van der Waals surface area contributed by atoms with Gasteiger partial charge in [0.25, 0.3) is 10.0 Å². The zero-order valence-electron chi connectivity index (χ0n) is 25.6. The van der Waals surface area contributed by atoms with Crippen LogP contribution < -0.4 is 14.4 Å². The Morgan fingerprint density at radius 3 is 2.09 bits per heavy atom. The summed E-state index contributed by atoms with van der Waals surface area (Å²) < 4.78 is 35.8. The molecule has 8 nitrogen and oxygen atoms in total. The number of nitrogens with zero attached hydrogens (tertiary/aromatic N) is 2. The van der Waals surface area contributed by atoms with Crippen molar-refractivity contribution >= 4 is 43.5 Å². The lowest BCUT2D eigenvalue weighted by molar-refractivity contribution is -0.140. The SMILES string of the molecule is CCNC(=O)[C@@H](Cc1ccccc1)N(Cc1ccc(Br)cc1)C(=O)CN(c1ccc(C)cc1)S(=O)(=O)c1ccc(OCC)cc1. The molecule has 236 valence electrons. The van der Waals surface area contributed by atoms with E-state index >= 15 is 0 Å². The maximum absolute atomic E-state index is 14.4. The number of benzene rings is 4. The molecule has 1 atom stereocenters. The summed E-state index contributed by atoms with van der Waals surface area (Å²) >= 11 is 3.45. The van der Waals surface area contributed by atoms with E-state index in [1.807, 2.05) is 75.4 Å². The average Bonchev–Trinajstić information content (AvgIpc) is 3.04. The minimum absolute atomic E-state index is 0.0170. The topological polar surface area (TPSA) is 96.0 Å². The normalized spacial score (nSPS) is 11.8. The smallest absolute Gasteiger partial charge is 0.264 e. The first kappa shape index (κ1) is 33.7. The monoisotopic (exact) mass is 691 g/mol. The van der Waals surface area contributed by atoms with Gasteiger partial charge in [-0.2, -0.15) is 0 Å². The molecular formula is C35H38BrN3O5S. The van der Waals surface area contributed by atoms with Crippen LogP contribution in [0.15, 0.2) is 112 Å². The van der Waals surface area contributed by atoms with Crippen molar-refractivity contribution in [2.75, 3.05) is 24.0 Å². The lowest BCUT2D eigenvalue weighted by Crippen LogP contribution is -2.53.